The van der Waals surface area contributed by atoms with Crippen LogP contribution in [0.5, 0.6) is 5.75 Å². The molecule has 1 fully saturated rings. The van der Waals surface area contributed by atoms with Crippen molar-refractivity contribution in [1.29, 1.82) is 0 Å². The van der Waals surface area contributed by atoms with Gasteiger partial charge < -0.3 is 14.4 Å². The number of benzene rings is 1. The Morgan fingerprint density at radius 3 is 2.44 bits per heavy atom. The number of hydrogen-bond donors (Lipinski definition) is 0. The molecule has 0 N–H and O–H groups in total. The molecule has 0 radical (unpaired) electrons. The zero-order chi connectivity index (χ0) is 19.2. The molecule has 2 heterocycles. The summed E-state index contributed by atoms with van der Waals surface area (Å²) in [7, 11) is 2.93. The van der Waals surface area contributed by atoms with Crippen molar-refractivity contribution in [2.24, 2.45) is 0 Å². The maximum absolute atomic E-state index is 13.2. The minimum absolute atomic E-state index is 0.0190. The van der Waals surface area contributed by atoms with Gasteiger partial charge in [-0.2, -0.15) is 0 Å². The third-order valence-electron chi connectivity index (χ3n) is 4.88. The highest BCUT2D eigenvalue weighted by Crippen LogP contribution is 2.32. The molecule has 0 spiro atoms. The number of pyridine rings is 1. The number of ether oxygens (including phenoxy) is 2. The Labute approximate surface area is 159 Å². The molecule has 142 valence electrons. The molecule has 0 aliphatic carbocycles. The molecule has 1 saturated heterocycles. The smallest absolute Gasteiger partial charge is 0.356 e. The van der Waals surface area contributed by atoms with Crippen LogP contribution in [-0.4, -0.2) is 42.5 Å². The summed E-state index contributed by atoms with van der Waals surface area (Å²) in [6, 6.07) is 12.7. The van der Waals surface area contributed by atoms with E-state index in [4.69, 9.17) is 9.47 Å². The van der Waals surface area contributed by atoms with Gasteiger partial charge in [0.1, 0.15) is 17.1 Å². The molecular weight excluding hydrogens is 344 g/mol. The standard InChI is InChI=1S/C21H24N2O4/c1-26-16-12-10-15(11-13-16)19-9-4-3-5-14-23(19)20(24)17-7-6-8-18(22-17)21(25)27-2/h6-8,10-13,19H,3-5,9,14H2,1-2H3. The largest absolute Gasteiger partial charge is 0.497 e. The Morgan fingerprint density at radius 1 is 1.00 bits per heavy atom. The Balaban J connectivity index is 1.90. The van der Waals surface area contributed by atoms with Crippen molar-refractivity contribution < 1.29 is 19.1 Å². The predicted octanol–water partition coefficient (Wildman–Crippen LogP) is 3.63. The fraction of sp³-hybridized carbons (Fsp3) is 0.381. The second-order valence-corrected chi connectivity index (χ2v) is 6.54. The average Bonchev–Trinajstić information content (AvgIpc) is 2.99. The van der Waals surface area contributed by atoms with E-state index in [1.807, 2.05) is 29.2 Å². The van der Waals surface area contributed by atoms with Crippen LogP contribution in [0.4, 0.5) is 0 Å². The van der Waals surface area contributed by atoms with E-state index in [-0.39, 0.29) is 23.3 Å². The Kier molecular flexibility index (Phi) is 6.06. The average molecular weight is 368 g/mol. The highest BCUT2D eigenvalue weighted by Gasteiger charge is 2.28. The summed E-state index contributed by atoms with van der Waals surface area (Å²) in [5.74, 6) is 0.0772. The topological polar surface area (TPSA) is 68.7 Å². The molecule has 1 unspecified atom stereocenters. The molecule has 3 rings (SSSR count). The number of carbonyl (C=O) groups excluding carboxylic acids is 2. The highest BCUT2D eigenvalue weighted by atomic mass is 16.5. The molecule has 1 aliphatic rings. The van der Waals surface area contributed by atoms with Gasteiger partial charge in [0.05, 0.1) is 20.3 Å². The minimum Gasteiger partial charge on any atom is -0.497 e. The van der Waals surface area contributed by atoms with E-state index in [9.17, 15) is 9.59 Å². The number of rotatable bonds is 4. The molecule has 1 aromatic heterocycles. The van der Waals surface area contributed by atoms with Crippen molar-refractivity contribution >= 4 is 11.9 Å². The number of likely N-dealkylation sites (tertiary alicyclic amines) is 1. The second kappa shape index (κ2) is 8.66. The lowest BCUT2D eigenvalue weighted by Crippen LogP contribution is -2.35. The van der Waals surface area contributed by atoms with Crippen LogP contribution in [0.15, 0.2) is 42.5 Å². The third kappa shape index (κ3) is 4.27. The van der Waals surface area contributed by atoms with E-state index in [2.05, 4.69) is 4.98 Å². The Hall–Kier alpha value is -2.89. The maximum atomic E-state index is 13.2. The minimum atomic E-state index is -0.549. The van der Waals surface area contributed by atoms with Crippen LogP contribution in [0.25, 0.3) is 0 Å². The van der Waals surface area contributed by atoms with Crippen LogP contribution in [0.1, 0.15) is 58.3 Å². The third-order valence-corrected chi connectivity index (χ3v) is 4.88. The van der Waals surface area contributed by atoms with E-state index in [1.54, 1.807) is 25.3 Å². The SMILES string of the molecule is COC(=O)c1cccc(C(=O)N2CCCCCC2c2ccc(OC)cc2)n1. The van der Waals surface area contributed by atoms with Gasteiger partial charge in [-0.15, -0.1) is 0 Å². The lowest BCUT2D eigenvalue weighted by molar-refractivity contribution is 0.0593. The molecule has 6 heteroatoms. The van der Waals surface area contributed by atoms with Crippen molar-refractivity contribution in [3.05, 3.63) is 59.4 Å². The van der Waals surface area contributed by atoms with Crippen molar-refractivity contribution in [3.8, 4) is 5.75 Å². The normalized spacial score (nSPS) is 17.1. The van der Waals surface area contributed by atoms with E-state index in [0.29, 0.717) is 6.54 Å². The van der Waals surface area contributed by atoms with Crippen LogP contribution in [0.3, 0.4) is 0 Å². The molecule has 6 nitrogen and oxygen atoms in total. The van der Waals surface area contributed by atoms with Crippen molar-refractivity contribution in [2.75, 3.05) is 20.8 Å². The number of nitrogens with zero attached hydrogens (tertiary/aromatic N) is 2. The number of hydrogen-bond acceptors (Lipinski definition) is 5. The lowest BCUT2D eigenvalue weighted by atomic mass is 10.0. The predicted molar refractivity (Wildman–Crippen MR) is 101 cm³/mol. The zero-order valence-corrected chi connectivity index (χ0v) is 15.7. The summed E-state index contributed by atoms with van der Waals surface area (Å²) in [6.07, 6.45) is 4.01. The molecule has 27 heavy (non-hydrogen) atoms. The number of carbonyl (C=O) groups is 2. The van der Waals surface area contributed by atoms with Crippen LogP contribution in [0, 0.1) is 0 Å². The first-order valence-corrected chi connectivity index (χ1v) is 9.14. The van der Waals surface area contributed by atoms with Crippen LogP contribution in [0.2, 0.25) is 0 Å². The second-order valence-electron chi connectivity index (χ2n) is 6.54. The Morgan fingerprint density at radius 2 is 1.74 bits per heavy atom. The van der Waals surface area contributed by atoms with Gasteiger partial charge in [-0.05, 0) is 42.7 Å². The molecule has 1 aliphatic heterocycles. The van der Waals surface area contributed by atoms with E-state index >= 15 is 0 Å². The fourth-order valence-corrected chi connectivity index (χ4v) is 3.44. The quantitative estimate of drug-likeness (QED) is 0.771. The van der Waals surface area contributed by atoms with Crippen molar-refractivity contribution in [2.45, 2.75) is 31.7 Å². The van der Waals surface area contributed by atoms with E-state index in [1.165, 1.54) is 7.11 Å². The summed E-state index contributed by atoms with van der Waals surface area (Å²) in [6.45, 7) is 0.666. The number of methoxy groups -OCH3 is 2. The fourth-order valence-electron chi connectivity index (χ4n) is 3.44. The zero-order valence-electron chi connectivity index (χ0n) is 15.7. The van der Waals surface area contributed by atoms with Crippen LogP contribution >= 0.6 is 0 Å². The first kappa shape index (κ1) is 18.9. The van der Waals surface area contributed by atoms with Crippen molar-refractivity contribution in [3.63, 3.8) is 0 Å². The monoisotopic (exact) mass is 368 g/mol. The summed E-state index contributed by atoms with van der Waals surface area (Å²) < 4.78 is 9.95. The first-order chi connectivity index (χ1) is 13.1. The molecule has 0 saturated carbocycles. The van der Waals surface area contributed by atoms with Gasteiger partial charge in [0, 0.05) is 6.54 Å². The van der Waals surface area contributed by atoms with E-state index in [0.717, 1.165) is 37.0 Å². The van der Waals surface area contributed by atoms with Gasteiger partial charge in [-0.3, -0.25) is 4.79 Å². The summed E-state index contributed by atoms with van der Waals surface area (Å²) in [5.41, 5.74) is 1.48. The van der Waals surface area contributed by atoms with Gasteiger partial charge in [-0.1, -0.05) is 31.0 Å². The van der Waals surface area contributed by atoms with Crippen LogP contribution in [-0.2, 0) is 4.74 Å². The molecule has 2 aromatic rings. The number of aromatic nitrogens is 1. The number of esters is 1. The summed E-state index contributed by atoms with van der Waals surface area (Å²) in [4.78, 5) is 31.0. The highest BCUT2D eigenvalue weighted by molar-refractivity contribution is 5.94. The molecule has 0 bridgehead atoms. The van der Waals surface area contributed by atoms with Gasteiger partial charge in [0.25, 0.3) is 5.91 Å². The molecular formula is C21H24N2O4. The lowest BCUT2D eigenvalue weighted by Gasteiger charge is -2.30. The maximum Gasteiger partial charge on any atom is 0.356 e. The van der Waals surface area contributed by atoms with Gasteiger partial charge >= 0.3 is 5.97 Å². The van der Waals surface area contributed by atoms with Gasteiger partial charge in [-0.25, -0.2) is 9.78 Å². The summed E-state index contributed by atoms with van der Waals surface area (Å²) in [5, 5.41) is 0. The number of amides is 1. The Bertz CT molecular complexity index is 804. The van der Waals surface area contributed by atoms with Crippen molar-refractivity contribution in [1.82, 2.24) is 9.88 Å². The molecule has 1 aromatic carbocycles. The van der Waals surface area contributed by atoms with E-state index < -0.39 is 5.97 Å². The molecule has 1 atom stereocenters. The van der Waals surface area contributed by atoms with Gasteiger partial charge in [0.15, 0.2) is 0 Å². The summed E-state index contributed by atoms with van der Waals surface area (Å²) >= 11 is 0. The first-order valence-electron chi connectivity index (χ1n) is 9.14. The van der Waals surface area contributed by atoms with Gasteiger partial charge in [0.2, 0.25) is 0 Å². The van der Waals surface area contributed by atoms with Crippen LogP contribution < -0.4 is 4.74 Å². The molecule has 1 amide bonds.